The molecule has 0 aliphatic heterocycles. The Bertz CT molecular complexity index is 633. The number of rotatable bonds is 2. The minimum absolute atomic E-state index is 0.104. The molecule has 2 aromatic rings. The van der Waals surface area contributed by atoms with Gasteiger partial charge in [-0.1, -0.05) is 47.6 Å². The summed E-state index contributed by atoms with van der Waals surface area (Å²) >= 11 is 0. The zero-order valence-corrected chi connectivity index (χ0v) is 10.6. The number of hydrogen-bond donors (Lipinski definition) is 1. The smallest absolute Gasteiger partial charge is 0.411 e. The lowest BCUT2D eigenvalue weighted by Gasteiger charge is -2.14. The van der Waals surface area contributed by atoms with Gasteiger partial charge < -0.3 is 5.21 Å². The van der Waals surface area contributed by atoms with Crippen molar-refractivity contribution in [2.45, 2.75) is 13.1 Å². The van der Waals surface area contributed by atoms with E-state index in [4.69, 9.17) is 5.21 Å². The molecule has 0 atom stereocenters. The van der Waals surface area contributed by atoms with Gasteiger partial charge in [-0.2, -0.15) is 13.2 Å². The Morgan fingerprint density at radius 2 is 1.70 bits per heavy atom. The lowest BCUT2D eigenvalue weighted by atomic mass is 9.96. The van der Waals surface area contributed by atoms with Crippen LogP contribution in [0, 0.1) is 0 Å². The quantitative estimate of drug-likeness (QED) is 0.487. The fourth-order valence-corrected chi connectivity index (χ4v) is 1.93. The van der Waals surface area contributed by atoms with Crippen molar-refractivity contribution in [2.24, 2.45) is 5.16 Å². The van der Waals surface area contributed by atoms with Crippen LogP contribution >= 0.6 is 0 Å². The van der Waals surface area contributed by atoms with Crippen LogP contribution in [0.5, 0.6) is 0 Å². The molecule has 2 nitrogen and oxygen atoms in total. The zero-order valence-electron chi connectivity index (χ0n) is 10.6. The summed E-state index contributed by atoms with van der Waals surface area (Å²) < 4.78 is 39.5. The van der Waals surface area contributed by atoms with E-state index in [9.17, 15) is 13.2 Å². The first-order chi connectivity index (χ1) is 9.43. The molecule has 0 aliphatic carbocycles. The molecule has 0 amide bonds. The molecule has 0 unspecified atom stereocenters. The van der Waals surface area contributed by atoms with E-state index in [0.717, 1.165) is 6.07 Å². The highest BCUT2D eigenvalue weighted by atomic mass is 19.4. The lowest BCUT2D eigenvalue weighted by molar-refractivity contribution is -0.137. The monoisotopic (exact) mass is 279 g/mol. The standard InChI is InChI=1S/C15H12F3NO/c1-10(19-20)12-7-8-13(11-5-3-2-4-6-11)14(9-12)15(16,17)18/h2-9,20H,1H3/b19-10+. The van der Waals surface area contributed by atoms with Gasteiger partial charge in [-0.15, -0.1) is 0 Å². The van der Waals surface area contributed by atoms with Crippen LogP contribution in [0.25, 0.3) is 11.1 Å². The molecular formula is C15H12F3NO. The molecule has 2 rings (SSSR count). The molecule has 1 N–H and O–H groups in total. The number of halogens is 3. The van der Waals surface area contributed by atoms with Crippen LogP contribution in [0.3, 0.4) is 0 Å². The van der Waals surface area contributed by atoms with E-state index >= 15 is 0 Å². The van der Waals surface area contributed by atoms with Gasteiger partial charge in [0.1, 0.15) is 0 Å². The van der Waals surface area contributed by atoms with Gasteiger partial charge in [0.2, 0.25) is 0 Å². The van der Waals surface area contributed by atoms with E-state index in [0.29, 0.717) is 5.56 Å². The number of alkyl halides is 3. The second-order valence-corrected chi connectivity index (χ2v) is 4.31. The van der Waals surface area contributed by atoms with E-state index in [2.05, 4.69) is 5.16 Å². The average molecular weight is 279 g/mol. The molecule has 0 heterocycles. The van der Waals surface area contributed by atoms with Gasteiger partial charge in [0.25, 0.3) is 0 Å². The fourth-order valence-electron chi connectivity index (χ4n) is 1.93. The topological polar surface area (TPSA) is 32.6 Å². The molecule has 2 aromatic carbocycles. The highest BCUT2D eigenvalue weighted by molar-refractivity contribution is 5.99. The summed E-state index contributed by atoms with van der Waals surface area (Å²) in [5.74, 6) is 0. The van der Waals surface area contributed by atoms with Gasteiger partial charge in [0, 0.05) is 0 Å². The van der Waals surface area contributed by atoms with Crippen molar-refractivity contribution in [3.05, 3.63) is 59.7 Å². The first-order valence-electron chi connectivity index (χ1n) is 5.89. The van der Waals surface area contributed by atoms with Crippen LogP contribution in [0.1, 0.15) is 18.1 Å². The molecule has 0 aromatic heterocycles. The number of nitrogens with zero attached hydrogens (tertiary/aromatic N) is 1. The SMILES string of the molecule is C/C(=N\O)c1ccc(-c2ccccc2)c(C(F)(F)F)c1. The minimum atomic E-state index is -4.48. The molecule has 5 heteroatoms. The summed E-state index contributed by atoms with van der Waals surface area (Å²) in [5.41, 5.74) is 0.219. The van der Waals surface area contributed by atoms with Crippen molar-refractivity contribution < 1.29 is 18.4 Å². The summed E-state index contributed by atoms with van der Waals surface area (Å²) in [6.45, 7) is 1.44. The second kappa shape index (κ2) is 5.36. The largest absolute Gasteiger partial charge is 0.417 e. The Hall–Kier alpha value is -2.30. The Morgan fingerprint density at radius 3 is 2.25 bits per heavy atom. The summed E-state index contributed by atoms with van der Waals surface area (Å²) in [6, 6.07) is 12.3. The molecule has 0 aliphatic rings. The molecule has 0 spiro atoms. The number of oxime groups is 1. The molecule has 0 bridgehead atoms. The second-order valence-electron chi connectivity index (χ2n) is 4.31. The van der Waals surface area contributed by atoms with Crippen LogP contribution in [0.2, 0.25) is 0 Å². The molecule has 0 saturated carbocycles. The first kappa shape index (κ1) is 14.1. The van der Waals surface area contributed by atoms with E-state index in [1.807, 2.05) is 0 Å². The molecule has 0 fully saturated rings. The normalized spacial score (nSPS) is 12.5. The predicted octanol–water partition coefficient (Wildman–Crippen LogP) is 4.57. The van der Waals surface area contributed by atoms with Gasteiger partial charge in [0.05, 0.1) is 11.3 Å². The van der Waals surface area contributed by atoms with Crippen LogP contribution in [-0.2, 0) is 6.18 Å². The molecule has 0 saturated heterocycles. The Morgan fingerprint density at radius 1 is 1.05 bits per heavy atom. The van der Waals surface area contributed by atoms with Crippen molar-refractivity contribution in [3.8, 4) is 11.1 Å². The molecular weight excluding hydrogens is 267 g/mol. The summed E-state index contributed by atoms with van der Waals surface area (Å²) in [5, 5.41) is 11.6. The van der Waals surface area contributed by atoms with Crippen molar-refractivity contribution in [2.75, 3.05) is 0 Å². The maximum atomic E-state index is 13.2. The molecule has 104 valence electrons. The van der Waals surface area contributed by atoms with Gasteiger partial charge in [-0.3, -0.25) is 0 Å². The van der Waals surface area contributed by atoms with Gasteiger partial charge >= 0.3 is 6.18 Å². The Balaban J connectivity index is 2.64. The van der Waals surface area contributed by atoms with E-state index < -0.39 is 11.7 Å². The maximum absolute atomic E-state index is 13.2. The van der Waals surface area contributed by atoms with Gasteiger partial charge in [-0.05, 0) is 29.7 Å². The van der Waals surface area contributed by atoms with E-state index in [1.165, 1.54) is 19.1 Å². The van der Waals surface area contributed by atoms with E-state index in [-0.39, 0.29) is 16.8 Å². The van der Waals surface area contributed by atoms with E-state index in [1.54, 1.807) is 30.3 Å². The maximum Gasteiger partial charge on any atom is 0.417 e. The third-order valence-electron chi connectivity index (χ3n) is 2.98. The lowest BCUT2D eigenvalue weighted by Crippen LogP contribution is -2.09. The van der Waals surface area contributed by atoms with Crippen LogP contribution < -0.4 is 0 Å². The average Bonchev–Trinajstić information content (AvgIpc) is 2.46. The first-order valence-corrected chi connectivity index (χ1v) is 5.89. The van der Waals surface area contributed by atoms with Crippen LogP contribution in [0.15, 0.2) is 53.7 Å². The third kappa shape index (κ3) is 2.82. The summed E-state index contributed by atoms with van der Waals surface area (Å²) in [6.07, 6.45) is -4.48. The number of hydrogen-bond acceptors (Lipinski definition) is 2. The highest BCUT2D eigenvalue weighted by Gasteiger charge is 2.34. The minimum Gasteiger partial charge on any atom is -0.411 e. The predicted molar refractivity (Wildman–Crippen MR) is 70.9 cm³/mol. The van der Waals surface area contributed by atoms with Crippen LogP contribution in [-0.4, -0.2) is 10.9 Å². The van der Waals surface area contributed by atoms with Crippen molar-refractivity contribution >= 4 is 5.71 Å². The van der Waals surface area contributed by atoms with Crippen molar-refractivity contribution in [3.63, 3.8) is 0 Å². The number of benzene rings is 2. The van der Waals surface area contributed by atoms with Crippen LogP contribution in [0.4, 0.5) is 13.2 Å². The molecule has 20 heavy (non-hydrogen) atoms. The Labute approximate surface area is 114 Å². The third-order valence-corrected chi connectivity index (χ3v) is 2.98. The van der Waals surface area contributed by atoms with Gasteiger partial charge in [0.15, 0.2) is 0 Å². The van der Waals surface area contributed by atoms with Gasteiger partial charge in [-0.25, -0.2) is 0 Å². The highest BCUT2D eigenvalue weighted by Crippen LogP contribution is 2.37. The zero-order chi connectivity index (χ0) is 14.8. The van der Waals surface area contributed by atoms with Crippen molar-refractivity contribution in [1.82, 2.24) is 0 Å². The summed E-state index contributed by atoms with van der Waals surface area (Å²) in [7, 11) is 0. The molecule has 0 radical (unpaired) electrons. The summed E-state index contributed by atoms with van der Waals surface area (Å²) in [4.78, 5) is 0. The Kier molecular flexibility index (Phi) is 3.79. The fraction of sp³-hybridized carbons (Fsp3) is 0.133. The van der Waals surface area contributed by atoms with Crippen molar-refractivity contribution in [1.29, 1.82) is 0 Å².